The number of hydrogen-bond donors (Lipinski definition) is 1. The molecule has 0 aliphatic carbocycles. The second-order valence-corrected chi connectivity index (χ2v) is 9.09. The minimum atomic E-state index is -0.412. The maximum Gasteiger partial charge on any atom is 0.271 e. The SMILES string of the molecule is O=C(NCCc1ccc(Cl)s1)c1cnc2sc(Cc3ccccc3)cn2c1=O. The summed E-state index contributed by atoms with van der Waals surface area (Å²) < 4.78 is 2.18. The second-order valence-electron chi connectivity index (χ2n) is 6.20. The van der Waals surface area contributed by atoms with E-state index in [4.69, 9.17) is 11.6 Å². The van der Waals surface area contributed by atoms with E-state index in [1.54, 1.807) is 6.20 Å². The van der Waals surface area contributed by atoms with Crippen molar-refractivity contribution in [3.63, 3.8) is 0 Å². The van der Waals surface area contributed by atoms with E-state index in [-0.39, 0.29) is 11.1 Å². The number of carbonyl (C=O) groups excluding carboxylic acids is 1. The van der Waals surface area contributed by atoms with E-state index < -0.39 is 5.91 Å². The van der Waals surface area contributed by atoms with E-state index in [9.17, 15) is 9.59 Å². The van der Waals surface area contributed by atoms with Gasteiger partial charge in [0, 0.05) is 35.1 Å². The first-order chi connectivity index (χ1) is 13.6. The molecule has 0 aliphatic heterocycles. The van der Waals surface area contributed by atoms with Gasteiger partial charge < -0.3 is 5.32 Å². The largest absolute Gasteiger partial charge is 0.351 e. The first-order valence-corrected chi connectivity index (χ1v) is 10.7. The average Bonchev–Trinajstić information content (AvgIpc) is 3.29. The van der Waals surface area contributed by atoms with Crippen molar-refractivity contribution in [2.24, 2.45) is 0 Å². The molecule has 1 amide bonds. The number of halogens is 1. The number of nitrogens with one attached hydrogen (secondary N) is 1. The van der Waals surface area contributed by atoms with E-state index in [1.165, 1.54) is 33.3 Å². The van der Waals surface area contributed by atoms with E-state index >= 15 is 0 Å². The zero-order valence-electron chi connectivity index (χ0n) is 14.7. The van der Waals surface area contributed by atoms with Gasteiger partial charge in [-0.25, -0.2) is 4.98 Å². The molecule has 3 heterocycles. The lowest BCUT2D eigenvalue weighted by Crippen LogP contribution is -2.32. The van der Waals surface area contributed by atoms with Gasteiger partial charge >= 0.3 is 0 Å². The van der Waals surface area contributed by atoms with E-state index in [2.05, 4.69) is 10.3 Å². The van der Waals surface area contributed by atoms with Gasteiger partial charge in [-0.15, -0.1) is 22.7 Å². The molecule has 4 aromatic rings. The quantitative estimate of drug-likeness (QED) is 0.503. The van der Waals surface area contributed by atoms with Gasteiger partial charge in [0.2, 0.25) is 0 Å². The van der Waals surface area contributed by atoms with Crippen LogP contribution in [0.15, 0.2) is 59.7 Å². The predicted molar refractivity (Wildman–Crippen MR) is 114 cm³/mol. The zero-order valence-corrected chi connectivity index (χ0v) is 17.1. The Labute approximate surface area is 174 Å². The topological polar surface area (TPSA) is 63.5 Å². The van der Waals surface area contributed by atoms with Crippen molar-refractivity contribution >= 4 is 45.1 Å². The first-order valence-electron chi connectivity index (χ1n) is 8.66. The minimum absolute atomic E-state index is 0.0470. The normalized spacial score (nSPS) is 11.0. The Morgan fingerprint density at radius 3 is 2.68 bits per heavy atom. The average molecular weight is 430 g/mol. The summed E-state index contributed by atoms with van der Waals surface area (Å²) in [5.41, 5.74) is 0.858. The number of carbonyl (C=O) groups is 1. The fourth-order valence-electron chi connectivity index (χ4n) is 2.85. The van der Waals surface area contributed by atoms with Crippen molar-refractivity contribution < 1.29 is 4.79 Å². The number of fused-ring (bicyclic) bond motifs is 1. The molecule has 142 valence electrons. The molecular weight excluding hydrogens is 414 g/mol. The number of thiophene rings is 1. The number of nitrogens with zero attached hydrogens (tertiary/aromatic N) is 2. The summed E-state index contributed by atoms with van der Waals surface area (Å²) in [6, 6.07) is 13.8. The third kappa shape index (κ3) is 4.16. The summed E-state index contributed by atoms with van der Waals surface area (Å²) in [4.78, 5) is 32.1. The molecule has 0 spiro atoms. The van der Waals surface area contributed by atoms with Crippen LogP contribution >= 0.6 is 34.3 Å². The van der Waals surface area contributed by atoms with Gasteiger partial charge in [-0.3, -0.25) is 14.0 Å². The van der Waals surface area contributed by atoms with E-state index in [0.717, 1.165) is 26.1 Å². The molecule has 4 rings (SSSR count). The van der Waals surface area contributed by atoms with Crippen LogP contribution in [-0.4, -0.2) is 21.8 Å². The Kier molecular flexibility index (Phi) is 5.57. The summed E-state index contributed by atoms with van der Waals surface area (Å²) in [6.07, 6.45) is 4.52. The third-order valence-electron chi connectivity index (χ3n) is 4.21. The number of thiazole rings is 1. The molecule has 0 unspecified atom stereocenters. The maximum atomic E-state index is 12.7. The van der Waals surface area contributed by atoms with E-state index in [1.807, 2.05) is 42.5 Å². The Morgan fingerprint density at radius 1 is 1.11 bits per heavy atom. The molecule has 0 saturated carbocycles. The molecule has 0 fully saturated rings. The third-order valence-corrected chi connectivity index (χ3v) is 6.49. The lowest BCUT2D eigenvalue weighted by atomic mass is 10.1. The maximum absolute atomic E-state index is 12.7. The highest BCUT2D eigenvalue weighted by atomic mass is 35.5. The monoisotopic (exact) mass is 429 g/mol. The van der Waals surface area contributed by atoms with Crippen LogP contribution in [0, 0.1) is 0 Å². The Hall–Kier alpha value is -2.48. The van der Waals surface area contributed by atoms with Gasteiger partial charge in [-0.2, -0.15) is 0 Å². The summed E-state index contributed by atoms with van der Waals surface area (Å²) in [5, 5.41) is 2.78. The Bertz CT molecular complexity index is 1180. The van der Waals surface area contributed by atoms with Crippen LogP contribution < -0.4 is 10.9 Å². The zero-order chi connectivity index (χ0) is 19.5. The molecule has 0 aliphatic rings. The smallest absolute Gasteiger partial charge is 0.271 e. The van der Waals surface area contributed by atoms with Crippen molar-refractivity contribution in [1.82, 2.24) is 14.7 Å². The highest BCUT2D eigenvalue weighted by molar-refractivity contribution is 7.17. The lowest BCUT2D eigenvalue weighted by molar-refractivity contribution is 0.0952. The first kappa shape index (κ1) is 18.9. The molecule has 1 N–H and O–H groups in total. The van der Waals surface area contributed by atoms with Crippen molar-refractivity contribution in [3.05, 3.63) is 90.4 Å². The molecule has 8 heteroatoms. The minimum Gasteiger partial charge on any atom is -0.351 e. The molecule has 0 bridgehead atoms. The summed E-state index contributed by atoms with van der Waals surface area (Å²) in [5.74, 6) is -0.412. The molecule has 3 aromatic heterocycles. The van der Waals surface area contributed by atoms with Gasteiger partial charge in [0.15, 0.2) is 4.96 Å². The van der Waals surface area contributed by atoms with Gasteiger partial charge in [0.1, 0.15) is 5.56 Å². The van der Waals surface area contributed by atoms with Crippen LogP contribution in [0.2, 0.25) is 4.34 Å². The van der Waals surface area contributed by atoms with Crippen LogP contribution in [-0.2, 0) is 12.8 Å². The molecule has 28 heavy (non-hydrogen) atoms. The molecule has 1 aromatic carbocycles. The van der Waals surface area contributed by atoms with Crippen LogP contribution in [0.1, 0.15) is 25.7 Å². The van der Waals surface area contributed by atoms with Crippen molar-refractivity contribution in [2.75, 3.05) is 6.54 Å². The van der Waals surface area contributed by atoms with Crippen LogP contribution in [0.5, 0.6) is 0 Å². The Morgan fingerprint density at radius 2 is 1.93 bits per heavy atom. The van der Waals surface area contributed by atoms with Crippen LogP contribution in [0.4, 0.5) is 0 Å². The number of aromatic nitrogens is 2. The van der Waals surface area contributed by atoms with E-state index in [0.29, 0.717) is 17.9 Å². The molecule has 0 atom stereocenters. The van der Waals surface area contributed by atoms with Crippen molar-refractivity contribution in [3.8, 4) is 0 Å². The van der Waals surface area contributed by atoms with Crippen molar-refractivity contribution in [2.45, 2.75) is 12.8 Å². The second kappa shape index (κ2) is 8.26. The van der Waals surface area contributed by atoms with Gasteiger partial charge in [-0.1, -0.05) is 41.9 Å². The summed E-state index contributed by atoms with van der Waals surface area (Å²) >= 11 is 8.84. The summed E-state index contributed by atoms with van der Waals surface area (Å²) in [6.45, 7) is 0.431. The van der Waals surface area contributed by atoms with Crippen LogP contribution in [0.3, 0.4) is 0 Å². The molecule has 0 saturated heterocycles. The Balaban J connectivity index is 1.49. The highest BCUT2D eigenvalue weighted by Gasteiger charge is 2.15. The van der Waals surface area contributed by atoms with Gasteiger partial charge in [0.05, 0.1) is 4.34 Å². The van der Waals surface area contributed by atoms with Gasteiger partial charge in [0.25, 0.3) is 11.5 Å². The molecule has 5 nitrogen and oxygen atoms in total. The summed E-state index contributed by atoms with van der Waals surface area (Å²) in [7, 11) is 0. The van der Waals surface area contributed by atoms with Crippen LogP contribution in [0.25, 0.3) is 4.96 Å². The lowest BCUT2D eigenvalue weighted by Gasteiger charge is -2.03. The molecular formula is C20H16ClN3O2S2. The predicted octanol–water partition coefficient (Wildman–Crippen LogP) is 4.03. The fourth-order valence-corrected chi connectivity index (χ4v) is 4.90. The molecule has 0 radical (unpaired) electrons. The number of hydrogen-bond acceptors (Lipinski definition) is 5. The fraction of sp³-hybridized carbons (Fsp3) is 0.150. The van der Waals surface area contributed by atoms with Gasteiger partial charge in [-0.05, 0) is 24.1 Å². The highest BCUT2D eigenvalue weighted by Crippen LogP contribution is 2.21. The standard InChI is InChI=1S/C20H16ClN3O2S2/c21-17-7-6-14(27-17)8-9-22-18(25)16-11-23-20-24(19(16)26)12-15(28-20)10-13-4-2-1-3-5-13/h1-7,11-12H,8-10H2,(H,22,25). The van der Waals surface area contributed by atoms with Crippen molar-refractivity contribution in [1.29, 1.82) is 0 Å². The number of rotatable bonds is 6. The number of amides is 1. The number of benzene rings is 1.